The fourth-order valence-corrected chi connectivity index (χ4v) is 5.54. The Labute approximate surface area is 182 Å². The molecule has 2 saturated heterocycles. The Kier molecular flexibility index (Phi) is 4.79. The van der Waals surface area contributed by atoms with Crippen LogP contribution in [0.25, 0.3) is 0 Å². The highest BCUT2D eigenvalue weighted by Gasteiger charge is 2.48. The van der Waals surface area contributed by atoms with Crippen LogP contribution < -0.4 is 10.7 Å². The van der Waals surface area contributed by atoms with Gasteiger partial charge in [0.05, 0.1) is 6.04 Å². The molecule has 4 heterocycles. The summed E-state index contributed by atoms with van der Waals surface area (Å²) in [6.07, 6.45) is 5.24. The third-order valence-corrected chi connectivity index (χ3v) is 7.17. The van der Waals surface area contributed by atoms with Crippen LogP contribution in [0, 0.1) is 24.5 Å². The number of benzene rings is 1. The van der Waals surface area contributed by atoms with E-state index in [1.807, 2.05) is 4.90 Å². The van der Waals surface area contributed by atoms with Crippen LogP contribution in [0.2, 0.25) is 0 Å². The van der Waals surface area contributed by atoms with E-state index in [1.54, 1.807) is 0 Å². The molecule has 2 amide bonds. The van der Waals surface area contributed by atoms with Crippen molar-refractivity contribution in [1.82, 2.24) is 14.8 Å². The Morgan fingerprint density at radius 2 is 1.91 bits per heavy atom. The van der Waals surface area contributed by atoms with Crippen molar-refractivity contribution in [2.45, 2.75) is 57.8 Å². The highest BCUT2D eigenvalue weighted by Crippen LogP contribution is 2.43. The zero-order valence-electron chi connectivity index (χ0n) is 17.5. The number of aryl methyl sites for hydroxylation is 1. The van der Waals surface area contributed by atoms with Crippen molar-refractivity contribution < 1.29 is 23.5 Å². The molecule has 6 rings (SSSR count). The Hall–Kier alpha value is -3.23. The molecule has 168 valence electrons. The SMILES string of the molecule is Cc1cc(F)cc(F)c1CNC(=O)c1cn2c(c(O)c1=O)C(=O)N1C3CCC(CC3)[C@@H]1C2. The van der Waals surface area contributed by atoms with E-state index in [4.69, 9.17) is 0 Å². The number of aromatic hydroxyl groups is 1. The van der Waals surface area contributed by atoms with Gasteiger partial charge in [-0.15, -0.1) is 0 Å². The van der Waals surface area contributed by atoms with Crippen molar-refractivity contribution in [2.75, 3.05) is 0 Å². The number of nitrogens with one attached hydrogen (secondary N) is 1. The summed E-state index contributed by atoms with van der Waals surface area (Å²) >= 11 is 0. The summed E-state index contributed by atoms with van der Waals surface area (Å²) in [6.45, 7) is 1.67. The summed E-state index contributed by atoms with van der Waals surface area (Å²) in [5.41, 5.74) is -0.930. The molecular weight excluding hydrogens is 420 g/mol. The summed E-state index contributed by atoms with van der Waals surface area (Å²) in [4.78, 5) is 40.4. The van der Waals surface area contributed by atoms with E-state index >= 15 is 0 Å². The lowest BCUT2D eigenvalue weighted by Crippen LogP contribution is -2.61. The maximum Gasteiger partial charge on any atom is 0.275 e. The fourth-order valence-electron chi connectivity index (χ4n) is 5.54. The topological polar surface area (TPSA) is 91.6 Å². The number of halogens is 2. The molecule has 2 bridgehead atoms. The van der Waals surface area contributed by atoms with E-state index in [2.05, 4.69) is 5.32 Å². The molecule has 0 radical (unpaired) electrons. The molecule has 1 atom stereocenters. The van der Waals surface area contributed by atoms with Gasteiger partial charge in [-0.1, -0.05) is 0 Å². The number of carbonyl (C=O) groups excluding carboxylic acids is 2. The molecule has 0 unspecified atom stereocenters. The number of amides is 2. The number of hydrogen-bond acceptors (Lipinski definition) is 4. The van der Waals surface area contributed by atoms with Crippen LogP contribution in [-0.2, 0) is 13.1 Å². The number of aromatic nitrogens is 1. The van der Waals surface area contributed by atoms with Crippen molar-refractivity contribution in [3.63, 3.8) is 0 Å². The minimum absolute atomic E-state index is 0.0173. The Balaban J connectivity index is 1.45. The average Bonchev–Trinajstić information content (AvgIpc) is 2.75. The highest BCUT2D eigenvalue weighted by atomic mass is 19.1. The molecule has 9 heteroatoms. The van der Waals surface area contributed by atoms with Gasteiger partial charge in [0.1, 0.15) is 17.2 Å². The number of fused-ring (bicyclic) bond motifs is 3. The zero-order chi connectivity index (χ0) is 22.7. The van der Waals surface area contributed by atoms with E-state index in [1.165, 1.54) is 17.7 Å². The van der Waals surface area contributed by atoms with Crippen LogP contribution in [0.5, 0.6) is 5.75 Å². The normalized spacial score (nSPS) is 23.7. The van der Waals surface area contributed by atoms with Crippen LogP contribution >= 0.6 is 0 Å². The first-order chi connectivity index (χ1) is 15.3. The first kappa shape index (κ1) is 20.7. The van der Waals surface area contributed by atoms with E-state index in [-0.39, 0.29) is 41.4 Å². The van der Waals surface area contributed by atoms with Gasteiger partial charge in [0.15, 0.2) is 11.4 Å². The van der Waals surface area contributed by atoms with Crippen molar-refractivity contribution in [3.8, 4) is 5.75 Å². The lowest BCUT2D eigenvalue weighted by atomic mass is 9.73. The van der Waals surface area contributed by atoms with E-state index in [0.29, 0.717) is 18.0 Å². The van der Waals surface area contributed by atoms with Crippen LogP contribution in [0.1, 0.15) is 57.7 Å². The quantitative estimate of drug-likeness (QED) is 0.763. The average molecular weight is 443 g/mol. The summed E-state index contributed by atoms with van der Waals surface area (Å²) in [5.74, 6) is -3.08. The number of nitrogens with zero attached hydrogens (tertiary/aromatic N) is 2. The second kappa shape index (κ2) is 7.43. The van der Waals surface area contributed by atoms with Crippen LogP contribution in [-0.4, -0.2) is 38.5 Å². The smallest absolute Gasteiger partial charge is 0.275 e. The number of hydrogen-bond donors (Lipinski definition) is 2. The highest BCUT2D eigenvalue weighted by molar-refractivity contribution is 5.99. The monoisotopic (exact) mass is 443 g/mol. The molecular formula is C23H23F2N3O4. The van der Waals surface area contributed by atoms with Crippen LogP contribution in [0.3, 0.4) is 0 Å². The predicted molar refractivity (Wildman–Crippen MR) is 110 cm³/mol. The largest absolute Gasteiger partial charge is 0.503 e. The second-order valence-corrected chi connectivity index (χ2v) is 8.94. The van der Waals surface area contributed by atoms with Gasteiger partial charge in [-0.3, -0.25) is 14.4 Å². The molecule has 1 saturated carbocycles. The Morgan fingerprint density at radius 3 is 2.59 bits per heavy atom. The number of pyridine rings is 1. The molecule has 2 aromatic rings. The molecule has 2 N–H and O–H groups in total. The maximum atomic E-state index is 14.1. The molecule has 1 aliphatic carbocycles. The third kappa shape index (κ3) is 3.10. The minimum atomic E-state index is -0.945. The van der Waals surface area contributed by atoms with Crippen LogP contribution in [0.4, 0.5) is 8.78 Å². The zero-order valence-corrected chi connectivity index (χ0v) is 17.5. The maximum absolute atomic E-state index is 14.1. The molecule has 3 fully saturated rings. The van der Waals surface area contributed by atoms with Crippen molar-refractivity contribution >= 4 is 11.8 Å². The lowest BCUT2D eigenvalue weighted by Gasteiger charge is -2.53. The molecule has 1 aromatic heterocycles. The first-order valence-corrected chi connectivity index (χ1v) is 10.8. The summed E-state index contributed by atoms with van der Waals surface area (Å²) in [7, 11) is 0. The van der Waals surface area contributed by atoms with Crippen molar-refractivity contribution in [3.05, 3.63) is 62.6 Å². The van der Waals surface area contributed by atoms with E-state index in [9.17, 15) is 28.3 Å². The lowest BCUT2D eigenvalue weighted by molar-refractivity contribution is -0.0181. The number of carbonyl (C=O) groups is 2. The summed E-state index contributed by atoms with van der Waals surface area (Å²) < 4.78 is 28.9. The van der Waals surface area contributed by atoms with E-state index in [0.717, 1.165) is 37.8 Å². The molecule has 3 aliphatic heterocycles. The van der Waals surface area contributed by atoms with Gasteiger partial charge in [0.2, 0.25) is 5.43 Å². The van der Waals surface area contributed by atoms with Gasteiger partial charge in [-0.05, 0) is 50.2 Å². The van der Waals surface area contributed by atoms with E-state index < -0.39 is 28.7 Å². The minimum Gasteiger partial charge on any atom is -0.503 e. The summed E-state index contributed by atoms with van der Waals surface area (Å²) in [6, 6.07) is 1.98. The predicted octanol–water partition coefficient (Wildman–Crippen LogP) is 2.47. The molecule has 4 aliphatic rings. The fraction of sp³-hybridized carbons (Fsp3) is 0.435. The Bertz CT molecular complexity index is 1180. The number of rotatable bonds is 3. The molecule has 32 heavy (non-hydrogen) atoms. The van der Waals surface area contributed by atoms with Crippen molar-refractivity contribution in [1.29, 1.82) is 0 Å². The standard InChI is InChI=1S/C23H23F2N3O4/c1-11-6-13(24)7-17(25)15(11)8-26-22(31)16-9-27-10-18-12-2-4-14(5-3-12)28(18)23(32)19(27)21(30)20(16)29/h6-7,9,12,14,18,30H,2-5,8,10H2,1H3,(H,26,31)/t12?,14?,18-/m0/s1. The number of piperidine rings is 2. The molecule has 0 spiro atoms. The van der Waals surface area contributed by atoms with Gasteiger partial charge in [-0.2, -0.15) is 0 Å². The third-order valence-electron chi connectivity index (χ3n) is 7.17. The summed E-state index contributed by atoms with van der Waals surface area (Å²) in [5, 5.41) is 13.0. The first-order valence-electron chi connectivity index (χ1n) is 10.8. The Morgan fingerprint density at radius 1 is 1.19 bits per heavy atom. The van der Waals surface area contributed by atoms with Gasteiger partial charge in [0, 0.05) is 37.0 Å². The van der Waals surface area contributed by atoms with Crippen molar-refractivity contribution in [2.24, 2.45) is 5.92 Å². The van der Waals surface area contributed by atoms with Crippen LogP contribution in [0.15, 0.2) is 23.1 Å². The molecule has 1 aromatic carbocycles. The van der Waals surface area contributed by atoms with Gasteiger partial charge >= 0.3 is 0 Å². The molecule has 7 nitrogen and oxygen atoms in total. The van der Waals surface area contributed by atoms with Gasteiger partial charge in [-0.25, -0.2) is 8.78 Å². The second-order valence-electron chi connectivity index (χ2n) is 8.94. The van der Waals surface area contributed by atoms with Gasteiger partial charge in [0.25, 0.3) is 11.8 Å². The van der Waals surface area contributed by atoms with Gasteiger partial charge < -0.3 is 19.9 Å².